The van der Waals surface area contributed by atoms with Crippen molar-refractivity contribution in [2.75, 3.05) is 37.7 Å². The number of aromatic nitrogens is 1. The Bertz CT molecular complexity index is 635. The van der Waals surface area contributed by atoms with Crippen molar-refractivity contribution in [1.29, 1.82) is 0 Å². The first-order valence-electron chi connectivity index (χ1n) is 10.00. The van der Waals surface area contributed by atoms with Crippen LogP contribution in [0.2, 0.25) is 0 Å². The summed E-state index contributed by atoms with van der Waals surface area (Å²) < 4.78 is 11.6. The minimum absolute atomic E-state index is 0.127. The van der Waals surface area contributed by atoms with E-state index < -0.39 is 0 Å². The maximum absolute atomic E-state index is 13.0. The molecule has 0 aliphatic carbocycles. The zero-order valence-corrected chi connectivity index (χ0v) is 15.7. The summed E-state index contributed by atoms with van der Waals surface area (Å²) in [5.41, 5.74) is 1.73. The van der Waals surface area contributed by atoms with Crippen molar-refractivity contribution >= 4 is 11.6 Å². The van der Waals surface area contributed by atoms with E-state index in [9.17, 15) is 4.79 Å². The smallest absolute Gasteiger partial charge is 0.255 e. The van der Waals surface area contributed by atoms with Gasteiger partial charge in [-0.2, -0.15) is 0 Å². The van der Waals surface area contributed by atoms with Crippen LogP contribution in [0.3, 0.4) is 0 Å². The van der Waals surface area contributed by atoms with E-state index >= 15 is 0 Å². The van der Waals surface area contributed by atoms with Crippen LogP contribution in [0.5, 0.6) is 0 Å². The SMILES string of the molecule is CCC1CCCCN1C(=O)c1cncc(N2CCC3(CC2)OCCO3)c1. The number of likely N-dealkylation sites (tertiary alicyclic amines) is 1. The highest BCUT2D eigenvalue weighted by Gasteiger charge is 2.40. The van der Waals surface area contributed by atoms with Crippen LogP contribution in [0.25, 0.3) is 0 Å². The van der Waals surface area contributed by atoms with Crippen LogP contribution < -0.4 is 4.90 Å². The molecule has 3 aliphatic rings. The van der Waals surface area contributed by atoms with Gasteiger partial charge in [0.25, 0.3) is 5.91 Å². The van der Waals surface area contributed by atoms with Gasteiger partial charge in [0.1, 0.15) is 0 Å². The van der Waals surface area contributed by atoms with Crippen LogP contribution in [0.4, 0.5) is 5.69 Å². The van der Waals surface area contributed by atoms with E-state index in [1.807, 2.05) is 12.3 Å². The van der Waals surface area contributed by atoms with Gasteiger partial charge >= 0.3 is 0 Å². The van der Waals surface area contributed by atoms with Gasteiger partial charge in [-0.3, -0.25) is 9.78 Å². The Labute approximate surface area is 155 Å². The number of rotatable bonds is 3. The van der Waals surface area contributed by atoms with Crippen LogP contribution in [0.1, 0.15) is 55.8 Å². The first-order chi connectivity index (χ1) is 12.7. The molecule has 4 heterocycles. The van der Waals surface area contributed by atoms with Gasteiger partial charge in [0.15, 0.2) is 5.79 Å². The fraction of sp³-hybridized carbons (Fsp3) is 0.700. The second-order valence-electron chi connectivity index (χ2n) is 7.58. The lowest BCUT2D eigenvalue weighted by molar-refractivity contribution is -0.169. The van der Waals surface area contributed by atoms with Gasteiger partial charge in [-0.05, 0) is 31.7 Å². The molecule has 4 rings (SSSR count). The van der Waals surface area contributed by atoms with Gasteiger partial charge in [0.2, 0.25) is 0 Å². The van der Waals surface area contributed by atoms with Crippen LogP contribution in [0, 0.1) is 0 Å². The van der Waals surface area contributed by atoms with Crippen molar-refractivity contribution in [3.63, 3.8) is 0 Å². The van der Waals surface area contributed by atoms with E-state index in [-0.39, 0.29) is 11.7 Å². The second kappa shape index (κ2) is 7.53. The molecule has 3 saturated heterocycles. The number of piperidine rings is 2. The molecule has 6 heteroatoms. The van der Waals surface area contributed by atoms with Gasteiger partial charge in [-0.1, -0.05) is 6.92 Å². The van der Waals surface area contributed by atoms with Gasteiger partial charge in [-0.25, -0.2) is 0 Å². The summed E-state index contributed by atoms with van der Waals surface area (Å²) in [5.74, 6) is -0.249. The van der Waals surface area contributed by atoms with E-state index in [4.69, 9.17) is 9.47 Å². The van der Waals surface area contributed by atoms with Crippen LogP contribution >= 0.6 is 0 Å². The first-order valence-corrected chi connectivity index (χ1v) is 10.00. The lowest BCUT2D eigenvalue weighted by Gasteiger charge is -2.39. The minimum Gasteiger partial charge on any atom is -0.370 e. The zero-order valence-electron chi connectivity index (χ0n) is 15.7. The summed E-state index contributed by atoms with van der Waals surface area (Å²) in [6.45, 7) is 6.14. The monoisotopic (exact) mass is 359 g/mol. The maximum atomic E-state index is 13.0. The molecule has 0 radical (unpaired) electrons. The molecule has 3 aliphatic heterocycles. The third-order valence-electron chi connectivity index (χ3n) is 6.03. The highest BCUT2D eigenvalue weighted by Crippen LogP contribution is 2.33. The largest absolute Gasteiger partial charge is 0.370 e. The molecule has 0 N–H and O–H groups in total. The molecule has 142 valence electrons. The summed E-state index contributed by atoms with van der Waals surface area (Å²) in [5, 5.41) is 0. The third-order valence-corrected chi connectivity index (χ3v) is 6.03. The Morgan fingerprint density at radius 1 is 1.19 bits per heavy atom. The van der Waals surface area contributed by atoms with Gasteiger partial charge < -0.3 is 19.3 Å². The average Bonchev–Trinajstić information content (AvgIpc) is 3.16. The molecule has 1 amide bonds. The number of nitrogens with zero attached hydrogens (tertiary/aromatic N) is 3. The van der Waals surface area contributed by atoms with Gasteiger partial charge in [-0.15, -0.1) is 0 Å². The number of carbonyl (C=O) groups is 1. The predicted octanol–water partition coefficient (Wildman–Crippen LogP) is 2.83. The molecule has 1 aromatic heterocycles. The lowest BCUT2D eigenvalue weighted by atomic mass is 9.99. The Morgan fingerprint density at radius 2 is 1.96 bits per heavy atom. The molecule has 26 heavy (non-hydrogen) atoms. The van der Waals surface area contributed by atoms with Crippen molar-refractivity contribution in [3.05, 3.63) is 24.0 Å². The molecule has 1 aromatic rings. The fourth-order valence-electron chi connectivity index (χ4n) is 4.47. The molecule has 0 saturated carbocycles. The Hall–Kier alpha value is -1.66. The zero-order chi connectivity index (χ0) is 18.0. The highest BCUT2D eigenvalue weighted by molar-refractivity contribution is 5.95. The average molecular weight is 359 g/mol. The van der Waals surface area contributed by atoms with E-state index in [1.165, 1.54) is 6.42 Å². The van der Waals surface area contributed by atoms with Crippen molar-refractivity contribution in [2.24, 2.45) is 0 Å². The van der Waals surface area contributed by atoms with Gasteiger partial charge in [0.05, 0.1) is 30.7 Å². The van der Waals surface area contributed by atoms with Crippen molar-refractivity contribution in [2.45, 2.75) is 57.3 Å². The van der Waals surface area contributed by atoms with E-state index in [1.54, 1.807) is 6.20 Å². The van der Waals surface area contributed by atoms with E-state index in [2.05, 4.69) is 21.7 Å². The fourth-order valence-corrected chi connectivity index (χ4v) is 4.47. The Balaban J connectivity index is 1.45. The number of carbonyl (C=O) groups excluding carboxylic acids is 1. The third kappa shape index (κ3) is 3.45. The van der Waals surface area contributed by atoms with Crippen LogP contribution in [-0.2, 0) is 9.47 Å². The van der Waals surface area contributed by atoms with Crippen LogP contribution in [-0.4, -0.2) is 60.5 Å². The Kier molecular flexibility index (Phi) is 5.14. The number of hydrogen-bond donors (Lipinski definition) is 0. The standard InChI is InChI=1S/C20H29N3O3/c1-2-17-5-3-4-8-23(17)19(24)16-13-18(15-21-14-16)22-9-6-20(7-10-22)25-11-12-26-20/h13-15,17H,2-12H2,1H3. The first kappa shape index (κ1) is 17.7. The summed E-state index contributed by atoms with van der Waals surface area (Å²) in [6.07, 6.45) is 9.74. The molecular weight excluding hydrogens is 330 g/mol. The second-order valence-corrected chi connectivity index (χ2v) is 7.58. The van der Waals surface area contributed by atoms with E-state index in [0.717, 1.165) is 57.4 Å². The van der Waals surface area contributed by atoms with Crippen LogP contribution in [0.15, 0.2) is 18.5 Å². The topological polar surface area (TPSA) is 54.9 Å². The Morgan fingerprint density at radius 3 is 2.69 bits per heavy atom. The molecule has 0 bridgehead atoms. The normalized spacial score (nSPS) is 25.7. The summed E-state index contributed by atoms with van der Waals surface area (Å²) in [6, 6.07) is 2.37. The highest BCUT2D eigenvalue weighted by atomic mass is 16.7. The maximum Gasteiger partial charge on any atom is 0.255 e. The lowest BCUT2D eigenvalue weighted by Crippen LogP contribution is -2.45. The number of ether oxygens (including phenoxy) is 2. The minimum atomic E-state index is -0.375. The molecule has 1 spiro atoms. The summed E-state index contributed by atoms with van der Waals surface area (Å²) in [7, 11) is 0. The van der Waals surface area contributed by atoms with E-state index in [0.29, 0.717) is 24.8 Å². The number of hydrogen-bond acceptors (Lipinski definition) is 5. The molecular formula is C20H29N3O3. The summed E-state index contributed by atoms with van der Waals surface area (Å²) in [4.78, 5) is 21.7. The van der Waals surface area contributed by atoms with Crippen molar-refractivity contribution in [1.82, 2.24) is 9.88 Å². The van der Waals surface area contributed by atoms with Crippen molar-refractivity contribution < 1.29 is 14.3 Å². The van der Waals surface area contributed by atoms with Gasteiger partial charge in [0, 0.05) is 44.7 Å². The molecule has 1 unspecified atom stereocenters. The number of pyridine rings is 1. The molecule has 1 atom stereocenters. The van der Waals surface area contributed by atoms with Crippen molar-refractivity contribution in [3.8, 4) is 0 Å². The molecule has 3 fully saturated rings. The number of amides is 1. The quantitative estimate of drug-likeness (QED) is 0.831. The molecule has 0 aromatic carbocycles. The molecule has 6 nitrogen and oxygen atoms in total. The predicted molar refractivity (Wildman–Crippen MR) is 99.3 cm³/mol. The summed E-state index contributed by atoms with van der Waals surface area (Å²) >= 11 is 0. The number of anilines is 1.